The van der Waals surface area contributed by atoms with Crippen LogP contribution in [0, 0.1) is 17.0 Å². The minimum Gasteiger partial charge on any atom is -0.465 e. The van der Waals surface area contributed by atoms with Crippen molar-refractivity contribution in [2.24, 2.45) is 0 Å². The largest absolute Gasteiger partial charge is 0.465 e. The summed E-state index contributed by atoms with van der Waals surface area (Å²) < 4.78 is 6.06. The van der Waals surface area contributed by atoms with E-state index >= 15 is 0 Å². The summed E-state index contributed by atoms with van der Waals surface area (Å²) in [7, 11) is -1.79. The quantitative estimate of drug-likeness (QED) is 0.251. The van der Waals surface area contributed by atoms with Crippen molar-refractivity contribution < 1.29 is 14.1 Å². The van der Waals surface area contributed by atoms with Crippen LogP contribution in [0.1, 0.15) is 60.7 Å². The Labute approximate surface area is 155 Å². The highest BCUT2D eigenvalue weighted by molar-refractivity contribution is 6.81. The first-order valence-corrected chi connectivity index (χ1v) is 11.8. The Morgan fingerprint density at radius 1 is 1.15 bits per heavy atom. The molecule has 1 aromatic carbocycles. The molecular formula is C20H27NO4Si. The summed E-state index contributed by atoms with van der Waals surface area (Å²) in [5, 5.41) is 11.0. The van der Waals surface area contributed by atoms with E-state index in [0.29, 0.717) is 11.3 Å². The number of aryl methyl sites for hydroxylation is 1. The van der Waals surface area contributed by atoms with Crippen molar-refractivity contribution in [3.63, 3.8) is 0 Å². The summed E-state index contributed by atoms with van der Waals surface area (Å²) in [6.07, 6.45) is 0. The SMILES string of the molecule is CC[Si](CC)(CC)C(c1ccc([N+](=O)[O-])cc1)c1cc(C(C)=O)c(C)o1. The van der Waals surface area contributed by atoms with E-state index in [2.05, 4.69) is 20.8 Å². The van der Waals surface area contributed by atoms with Gasteiger partial charge in [0.05, 0.1) is 18.6 Å². The van der Waals surface area contributed by atoms with E-state index < -0.39 is 8.07 Å². The van der Waals surface area contributed by atoms with Crippen LogP contribution in [-0.2, 0) is 0 Å². The first-order valence-electron chi connectivity index (χ1n) is 9.15. The van der Waals surface area contributed by atoms with Crippen LogP contribution in [0.2, 0.25) is 18.1 Å². The number of hydrogen-bond donors (Lipinski definition) is 0. The number of nitro benzene ring substituents is 1. The molecule has 2 aromatic rings. The summed E-state index contributed by atoms with van der Waals surface area (Å²) >= 11 is 0. The van der Waals surface area contributed by atoms with Crippen LogP contribution in [0.5, 0.6) is 0 Å². The molecule has 0 aliphatic heterocycles. The Bertz CT molecular complexity index is 782. The number of carbonyl (C=O) groups excluding carboxylic acids is 1. The van der Waals surface area contributed by atoms with Gasteiger partial charge in [-0.25, -0.2) is 0 Å². The van der Waals surface area contributed by atoms with Crippen molar-refractivity contribution in [2.75, 3.05) is 0 Å². The molecule has 0 radical (unpaired) electrons. The van der Waals surface area contributed by atoms with E-state index in [9.17, 15) is 14.9 Å². The van der Waals surface area contributed by atoms with Gasteiger partial charge >= 0.3 is 0 Å². The molecule has 0 saturated heterocycles. The molecule has 0 N–H and O–H groups in total. The van der Waals surface area contributed by atoms with Gasteiger partial charge in [0.2, 0.25) is 0 Å². The average Bonchev–Trinajstić information content (AvgIpc) is 3.01. The zero-order valence-electron chi connectivity index (χ0n) is 16.2. The first-order chi connectivity index (χ1) is 12.3. The van der Waals surface area contributed by atoms with Crippen molar-refractivity contribution >= 4 is 19.5 Å². The van der Waals surface area contributed by atoms with Crippen molar-refractivity contribution in [3.05, 3.63) is 63.1 Å². The molecule has 6 heteroatoms. The van der Waals surface area contributed by atoms with Crippen LogP contribution in [0.25, 0.3) is 0 Å². The van der Waals surface area contributed by atoms with Gasteiger partial charge in [-0.1, -0.05) is 51.0 Å². The number of Topliss-reactive ketones (excluding diaryl/α,β-unsaturated/α-hetero) is 1. The van der Waals surface area contributed by atoms with E-state index in [4.69, 9.17) is 4.42 Å². The summed E-state index contributed by atoms with van der Waals surface area (Å²) in [5.41, 5.74) is 1.83. The molecule has 1 atom stereocenters. The van der Waals surface area contributed by atoms with Crippen molar-refractivity contribution in [3.8, 4) is 0 Å². The molecule has 0 bridgehead atoms. The predicted molar refractivity (Wildman–Crippen MR) is 106 cm³/mol. The molecule has 5 nitrogen and oxygen atoms in total. The van der Waals surface area contributed by atoms with Gasteiger partial charge in [-0.2, -0.15) is 0 Å². The van der Waals surface area contributed by atoms with Gasteiger partial charge in [0.15, 0.2) is 5.78 Å². The Morgan fingerprint density at radius 3 is 2.08 bits per heavy atom. The highest BCUT2D eigenvalue weighted by Crippen LogP contribution is 2.42. The topological polar surface area (TPSA) is 73.3 Å². The number of nitro groups is 1. The highest BCUT2D eigenvalue weighted by Gasteiger charge is 2.40. The van der Waals surface area contributed by atoms with Crippen LogP contribution < -0.4 is 0 Å². The molecule has 1 heterocycles. The third-order valence-corrected chi connectivity index (χ3v) is 11.8. The fraction of sp³-hybridized carbons (Fsp3) is 0.450. The summed E-state index contributed by atoms with van der Waals surface area (Å²) in [5.74, 6) is 1.46. The molecular weight excluding hydrogens is 346 g/mol. The Kier molecular flexibility index (Phi) is 6.18. The lowest BCUT2D eigenvalue weighted by atomic mass is 10.1. The van der Waals surface area contributed by atoms with Gasteiger partial charge in [0, 0.05) is 17.7 Å². The molecule has 1 aromatic heterocycles. The maximum atomic E-state index is 11.9. The minimum absolute atomic E-state index is 0.00304. The lowest BCUT2D eigenvalue weighted by Gasteiger charge is -2.36. The third kappa shape index (κ3) is 3.65. The van der Waals surface area contributed by atoms with E-state index in [1.807, 2.05) is 25.1 Å². The van der Waals surface area contributed by atoms with E-state index in [1.165, 1.54) is 0 Å². The molecule has 0 aliphatic rings. The molecule has 0 fully saturated rings. The maximum Gasteiger partial charge on any atom is 0.269 e. The third-order valence-electron chi connectivity index (χ3n) is 5.76. The molecule has 26 heavy (non-hydrogen) atoms. The first kappa shape index (κ1) is 20.1. The number of non-ortho nitro benzene ring substituents is 1. The van der Waals surface area contributed by atoms with Gasteiger partial charge in [-0.3, -0.25) is 14.9 Å². The highest BCUT2D eigenvalue weighted by atomic mass is 28.3. The van der Waals surface area contributed by atoms with Crippen LogP contribution in [0.3, 0.4) is 0 Å². The average molecular weight is 374 g/mol. The zero-order chi connectivity index (χ0) is 19.5. The van der Waals surface area contributed by atoms with Gasteiger partial charge < -0.3 is 4.42 Å². The molecule has 0 amide bonds. The van der Waals surface area contributed by atoms with Crippen LogP contribution in [0.4, 0.5) is 5.69 Å². The maximum absolute atomic E-state index is 11.9. The van der Waals surface area contributed by atoms with Gasteiger partial charge in [-0.15, -0.1) is 0 Å². The van der Waals surface area contributed by atoms with Crippen molar-refractivity contribution in [1.29, 1.82) is 0 Å². The Morgan fingerprint density at radius 2 is 1.69 bits per heavy atom. The summed E-state index contributed by atoms with van der Waals surface area (Å²) in [6.45, 7) is 10.0. The minimum atomic E-state index is -1.79. The molecule has 140 valence electrons. The number of nitrogens with zero attached hydrogens (tertiary/aromatic N) is 1. The second-order valence-electron chi connectivity index (χ2n) is 6.88. The number of benzene rings is 1. The summed E-state index contributed by atoms with van der Waals surface area (Å²) in [6, 6.07) is 11.9. The van der Waals surface area contributed by atoms with E-state index in [0.717, 1.165) is 29.5 Å². The number of hydrogen-bond acceptors (Lipinski definition) is 4. The number of furan rings is 1. The zero-order valence-corrected chi connectivity index (χ0v) is 17.2. The number of rotatable bonds is 8. The van der Waals surface area contributed by atoms with Gasteiger partial charge in [0.25, 0.3) is 5.69 Å². The lowest BCUT2D eigenvalue weighted by Crippen LogP contribution is -2.40. The second-order valence-corrected chi connectivity index (χ2v) is 12.3. The van der Waals surface area contributed by atoms with Crippen LogP contribution in [-0.4, -0.2) is 18.8 Å². The lowest BCUT2D eigenvalue weighted by molar-refractivity contribution is -0.384. The number of carbonyl (C=O) groups is 1. The Hall–Kier alpha value is -2.21. The van der Waals surface area contributed by atoms with Gasteiger partial charge in [-0.05, 0) is 25.5 Å². The fourth-order valence-corrected chi connectivity index (χ4v) is 8.34. The molecule has 0 spiro atoms. The second kappa shape index (κ2) is 7.99. The van der Waals surface area contributed by atoms with Crippen LogP contribution in [0.15, 0.2) is 34.7 Å². The standard InChI is InChI=1S/C20H27NO4Si/c1-6-26(7-2,8-3)20(16-9-11-17(12-10-16)21(23)24)19-13-18(14(4)22)15(5)25-19/h9-13,20H,6-8H2,1-5H3. The summed E-state index contributed by atoms with van der Waals surface area (Å²) in [4.78, 5) is 22.5. The molecule has 0 aliphatic carbocycles. The molecule has 0 saturated carbocycles. The normalized spacial score (nSPS) is 12.8. The van der Waals surface area contributed by atoms with E-state index in [-0.39, 0.29) is 21.9 Å². The fourth-order valence-electron chi connectivity index (χ4n) is 3.97. The Balaban J connectivity index is 2.64. The monoisotopic (exact) mass is 373 g/mol. The van der Waals surface area contributed by atoms with E-state index in [1.54, 1.807) is 19.1 Å². The van der Waals surface area contributed by atoms with Crippen molar-refractivity contribution in [1.82, 2.24) is 0 Å². The van der Waals surface area contributed by atoms with Crippen molar-refractivity contribution in [2.45, 2.75) is 58.3 Å². The van der Waals surface area contributed by atoms with Gasteiger partial charge in [0.1, 0.15) is 11.5 Å². The smallest absolute Gasteiger partial charge is 0.269 e. The molecule has 2 rings (SSSR count). The predicted octanol–water partition coefficient (Wildman–Crippen LogP) is 5.88. The van der Waals surface area contributed by atoms with Crippen LogP contribution >= 0.6 is 0 Å². The number of ketones is 1. The molecule has 1 unspecified atom stereocenters.